The summed E-state index contributed by atoms with van der Waals surface area (Å²) in [5.41, 5.74) is 8.47. The molecular weight excluding hydrogens is 2910 g/mol. The first kappa shape index (κ1) is 138. The van der Waals surface area contributed by atoms with Gasteiger partial charge < -0.3 is 20.3 Å². The first-order valence-electron chi connectivity index (χ1n) is 29.9. The van der Waals surface area contributed by atoms with E-state index in [9.17, 15) is 17.2 Å². The van der Waals surface area contributed by atoms with Gasteiger partial charge in [0.1, 0.15) is 17.7 Å². The fourth-order valence-electron chi connectivity index (χ4n) is 8.96. The van der Waals surface area contributed by atoms with Crippen LogP contribution in [0.25, 0.3) is 34.0 Å². The standard InChI is InChI=1S/C27H27F2N5O4S.H79P77/c1-16(28)12-31-13-17-2-7-21(22(29)10-17)23-11-25(38-34-23)26-27(30)32-14-24(33-26)18-3-5-19(6-4-18)39(35,36)20-8-9-37-15-20;1-40-60(41(2)3)70(61(42(4)5)43(6)7)75(71(62(44(8)9)45(10)11)63(46(12)13)47(14)15)77(74(68(56(32)33)57(34)35)69(58(36)37)59(38)39)76(72(64(48(16)17)49(18)19)65(50(20)21)51(22)23)73(66(52(24)25)53(26)27)67(54(28)29)55(30)31/h2-7,10-11,14,16,20,31H,8-9,12-13,15H2,1H3,(H2,30,32);40H,1-39H2. The van der Waals surface area contributed by atoms with Crippen LogP contribution in [0, 0.1) is 5.82 Å². The largest absolute Gasteiger partial charge is 0.382 e. The molecule has 0 aliphatic carbocycles. The van der Waals surface area contributed by atoms with Crippen LogP contribution in [0.1, 0.15) is 18.9 Å². The molecule has 2 aromatic carbocycles. The highest BCUT2D eigenvalue weighted by atomic mass is 33.6. The third-order valence-electron chi connectivity index (χ3n) is 13.2. The molecule has 46 unspecified atom stereocenters. The molecule has 0 saturated carbocycles. The summed E-state index contributed by atoms with van der Waals surface area (Å²) in [6.07, 6.45) is 0.950. The number of rotatable bonds is 46. The second kappa shape index (κ2) is 71.7. The van der Waals surface area contributed by atoms with Crippen LogP contribution in [0.15, 0.2) is 64.1 Å². The molecular formula is C27H106F2N5O4P77S. The van der Waals surface area contributed by atoms with Crippen LogP contribution in [-0.4, -0.2) is 54.7 Å². The highest BCUT2D eigenvalue weighted by molar-refractivity contribution is 9.57. The van der Waals surface area contributed by atoms with Gasteiger partial charge in [-0.3, -0.25) is 0 Å². The second-order valence-corrected chi connectivity index (χ2v) is 341. The molecule has 1 aliphatic rings. The Morgan fingerprint density at radius 3 is 1.09 bits per heavy atom. The molecule has 0 radical (unpaired) electrons. The lowest BCUT2D eigenvalue weighted by molar-refractivity contribution is 0.198. The average molecular weight is 3020 g/mol. The van der Waals surface area contributed by atoms with Crippen LogP contribution in [0.4, 0.5) is 14.6 Å². The minimum atomic E-state index is -3.49. The molecule has 46 atom stereocenters. The van der Waals surface area contributed by atoms with Gasteiger partial charge in [0.15, 0.2) is 27.1 Å². The first-order valence-corrected chi connectivity index (χ1v) is 172. The van der Waals surface area contributed by atoms with Crippen molar-refractivity contribution in [2.45, 2.75) is 36.2 Å². The van der Waals surface area contributed by atoms with Crippen LogP contribution in [0.3, 0.4) is 0 Å². The number of nitrogen functional groups attached to an aromatic ring is 1. The Kier molecular flexibility index (Phi) is 85.1. The maximum atomic E-state index is 14.8. The number of halogens is 2. The lowest BCUT2D eigenvalue weighted by atomic mass is 10.1. The number of nitrogens with one attached hydrogen (secondary N) is 1. The number of hydrogen-bond acceptors (Lipinski definition) is 9. The Labute approximate surface area is 827 Å². The Bertz CT molecular complexity index is 3430. The first-order chi connectivity index (χ1) is 53.8. The lowest BCUT2D eigenvalue weighted by Gasteiger charge is -2.62. The molecule has 668 valence electrons. The molecule has 5 rings (SSSR count). The van der Waals surface area contributed by atoms with E-state index in [1.165, 1.54) is 37.4 Å². The van der Waals surface area contributed by atoms with Gasteiger partial charge in [-0.1, -0.05) is 31.3 Å². The van der Waals surface area contributed by atoms with Gasteiger partial charge >= 0.3 is 0 Å². The van der Waals surface area contributed by atoms with Crippen molar-refractivity contribution in [3.63, 3.8) is 0 Å². The van der Waals surface area contributed by atoms with Crippen molar-refractivity contribution in [3.8, 4) is 34.0 Å². The highest BCUT2D eigenvalue weighted by Gasteiger charge is 2.64. The SMILES string of the molecule is CC(F)CNCc1ccc(-c2cc(-c3nc(-c4ccc(S(=O)(=O)C5CCOC5)cc4)cnc3N)on2)c(F)c1.PPP(P(P)P)P(P(P(P)P)P(P)P)P(P(P(P(P)P)P(P)P)P(P(P)P)P(P)P)P(P(P(P(P)P)P(P)P)P(P(P)P)P(P)P)P(P(P(P(P)P)P(P)P)P(P(P)P)P(P)P)P(P(P(P)P)P(P)P)P(P(P)P)P(P)P. The number of anilines is 1. The van der Waals surface area contributed by atoms with Crippen molar-refractivity contribution in [2.24, 2.45) is 0 Å². The molecule has 9 nitrogen and oxygen atoms in total. The number of aromatic nitrogens is 3. The smallest absolute Gasteiger partial charge is 0.189 e. The molecule has 89 heteroatoms. The maximum absolute atomic E-state index is 14.8. The Morgan fingerprint density at radius 1 is 0.466 bits per heavy atom. The molecule has 1 saturated heterocycles. The molecule has 3 heterocycles. The van der Waals surface area contributed by atoms with E-state index >= 15 is 0 Å². The quantitative estimate of drug-likeness (QED) is 0.0415. The molecule has 0 amide bonds. The number of ether oxygens (including phenoxy) is 1. The zero-order valence-corrected chi connectivity index (χ0v) is 141. The summed E-state index contributed by atoms with van der Waals surface area (Å²) >= 11 is 0. The van der Waals surface area contributed by atoms with Crippen molar-refractivity contribution in [1.82, 2.24) is 20.4 Å². The zero-order valence-electron chi connectivity index (χ0n) is 60.7. The third-order valence-corrected chi connectivity index (χ3v) is 558. The molecule has 4 aromatic rings. The number of hydrogen-bond donors (Lipinski definition) is 2. The maximum Gasteiger partial charge on any atom is 0.189 e. The summed E-state index contributed by atoms with van der Waals surface area (Å²) in [4.78, 5) is 8.97. The van der Waals surface area contributed by atoms with Gasteiger partial charge in [-0.15, -0.1) is 348 Å². The fraction of sp³-hybridized carbons (Fsp3) is 0.296. The average Bonchev–Trinajstić information content (AvgIpc) is 0.829. The molecule has 1 fully saturated rings. The van der Waals surface area contributed by atoms with Gasteiger partial charge in [0.2, 0.25) is 0 Å². The molecule has 116 heavy (non-hydrogen) atoms. The van der Waals surface area contributed by atoms with E-state index < -0.39 is 48.0 Å². The Balaban J connectivity index is 0.000000597. The van der Waals surface area contributed by atoms with Crippen molar-refractivity contribution in [2.75, 3.05) is 25.5 Å². The lowest BCUT2D eigenvalue weighted by Crippen LogP contribution is -2.21. The van der Waals surface area contributed by atoms with Crippen LogP contribution in [0.5, 0.6) is 0 Å². The molecule has 3 N–H and O–H groups in total. The minimum absolute atomic E-state index is 0.0888. The summed E-state index contributed by atoms with van der Waals surface area (Å²) in [5, 5.41) is 6.35. The minimum Gasteiger partial charge on any atom is -0.382 e. The van der Waals surface area contributed by atoms with Gasteiger partial charge in [0.05, 0.1) is 28.6 Å². The number of sulfone groups is 1. The van der Waals surface area contributed by atoms with Crippen LogP contribution in [-0.2, 0) is 21.1 Å². The molecule has 0 spiro atoms. The van der Waals surface area contributed by atoms with Gasteiger partial charge in [-0.25, -0.2) is 27.2 Å². The van der Waals surface area contributed by atoms with Crippen molar-refractivity contribution in [3.05, 3.63) is 66.1 Å². The number of benzene rings is 2. The molecule has 0 bridgehead atoms. The molecule has 1 aliphatic heterocycles. The van der Waals surface area contributed by atoms with E-state index in [1.54, 1.807) is 24.3 Å². The highest BCUT2D eigenvalue weighted by Crippen LogP contribution is 3.51. The van der Waals surface area contributed by atoms with E-state index in [-0.39, 0.29) is 284 Å². The van der Waals surface area contributed by atoms with Crippen LogP contribution >= 0.6 is 615 Å². The second-order valence-electron chi connectivity index (χ2n) is 21.5. The predicted molar refractivity (Wildman–Crippen MR) is 785 cm³/mol. The summed E-state index contributed by atoms with van der Waals surface area (Å²) in [6, 6.07) is 12.5. The normalized spacial score (nSPS) is 16.3. The van der Waals surface area contributed by atoms with Crippen molar-refractivity contribution in [1.29, 1.82) is 0 Å². The summed E-state index contributed by atoms with van der Waals surface area (Å²) in [5.74, 6) is -0.223. The van der Waals surface area contributed by atoms with Crippen LogP contribution in [0.2, 0.25) is 0 Å². The summed E-state index contributed by atoms with van der Waals surface area (Å²) < 4.78 is 64.1. The number of alkyl halides is 1. The van der Waals surface area contributed by atoms with E-state index in [2.05, 4.69) is 369 Å². The van der Waals surface area contributed by atoms with Gasteiger partial charge in [0.25, 0.3) is 0 Å². The summed E-state index contributed by atoms with van der Waals surface area (Å²) in [7, 11) is 141. The fourth-order valence-corrected chi connectivity index (χ4v) is 1140. The number of nitrogens with two attached hydrogens (primary N) is 1. The number of nitrogens with zero attached hydrogens (tertiary/aromatic N) is 3. The van der Waals surface area contributed by atoms with Gasteiger partial charge in [0, 0.05) is 36.9 Å². The summed E-state index contributed by atoms with van der Waals surface area (Å²) in [6.45, 7) is -9.35. The van der Waals surface area contributed by atoms with Crippen LogP contribution < -0.4 is 11.1 Å². The Morgan fingerprint density at radius 2 is 0.793 bits per heavy atom. The van der Waals surface area contributed by atoms with Crippen molar-refractivity contribution < 1.29 is 26.5 Å². The van der Waals surface area contributed by atoms with Crippen molar-refractivity contribution >= 4 is 630 Å². The van der Waals surface area contributed by atoms with Gasteiger partial charge in [-0.2, -0.15) is 0 Å². The van der Waals surface area contributed by atoms with E-state index in [0.29, 0.717) is 36.4 Å². The monoisotopic (exact) mass is 3020 g/mol. The third kappa shape index (κ3) is 43.9. The molecule has 2 aromatic heterocycles. The predicted octanol–water partition coefficient (Wildman–Crippen LogP) is 49.4. The Hall–Kier alpha value is 29.4. The van der Waals surface area contributed by atoms with E-state index in [1.807, 2.05) is 0 Å². The van der Waals surface area contributed by atoms with E-state index in [0.717, 1.165) is 7.96 Å². The zero-order chi connectivity index (χ0) is 88.6. The van der Waals surface area contributed by atoms with Gasteiger partial charge in [-0.05, 0) is 302 Å². The topological polar surface area (TPSA) is 133 Å². The van der Waals surface area contributed by atoms with E-state index in [4.69, 9.17) is 15.0 Å².